The number of carbonyl (C=O) groups is 2. The average molecular weight is 468 g/mol. The molecule has 166 valence electrons. The largest absolute Gasteiger partial charge is 0.508 e. The van der Waals surface area contributed by atoms with Gasteiger partial charge in [-0.15, -0.1) is 23.1 Å². The van der Waals surface area contributed by atoms with E-state index in [0.29, 0.717) is 12.2 Å². The van der Waals surface area contributed by atoms with Gasteiger partial charge in [0.25, 0.3) is 0 Å². The lowest BCUT2D eigenvalue weighted by molar-refractivity contribution is -0.126. The van der Waals surface area contributed by atoms with Gasteiger partial charge in [-0.3, -0.25) is 9.59 Å². The third kappa shape index (κ3) is 5.59. The van der Waals surface area contributed by atoms with E-state index in [9.17, 15) is 14.7 Å². The van der Waals surface area contributed by atoms with Crippen LogP contribution in [0.15, 0.2) is 66.0 Å². The van der Waals surface area contributed by atoms with Gasteiger partial charge in [-0.25, -0.2) is 0 Å². The summed E-state index contributed by atoms with van der Waals surface area (Å²) in [6.07, 6.45) is 0.177. The summed E-state index contributed by atoms with van der Waals surface area (Å²) in [5.74, 6) is 0.596. The molecular weight excluding hydrogens is 442 g/mol. The van der Waals surface area contributed by atoms with E-state index in [1.165, 1.54) is 10.4 Å². The molecule has 4 rings (SSSR count). The van der Waals surface area contributed by atoms with E-state index in [4.69, 9.17) is 4.74 Å². The number of nitrogens with one attached hydrogen (secondary N) is 1. The van der Waals surface area contributed by atoms with Gasteiger partial charge >= 0.3 is 0 Å². The summed E-state index contributed by atoms with van der Waals surface area (Å²) in [4.78, 5) is 26.4. The maximum Gasteiger partial charge on any atom is 0.234 e. The summed E-state index contributed by atoms with van der Waals surface area (Å²) in [6, 6.07) is 18.8. The zero-order valence-corrected chi connectivity index (χ0v) is 19.3. The molecule has 2 N–H and O–H groups in total. The van der Waals surface area contributed by atoms with E-state index in [1.807, 2.05) is 18.2 Å². The number of thiophene rings is 1. The number of aromatic hydroxyl groups is 1. The van der Waals surface area contributed by atoms with Gasteiger partial charge in [-0.05, 0) is 53.6 Å². The number of rotatable bonds is 8. The van der Waals surface area contributed by atoms with Crippen LogP contribution in [0.4, 0.5) is 0 Å². The molecule has 1 aromatic heterocycles. The molecule has 1 aliphatic rings. The Morgan fingerprint density at radius 3 is 2.50 bits per heavy atom. The molecule has 3 unspecified atom stereocenters. The molecule has 2 aromatic carbocycles. The summed E-state index contributed by atoms with van der Waals surface area (Å²) in [5.41, 5.74) is 3.26. The number of phenolic OH excluding ortho intramolecular Hbond substituents is 1. The van der Waals surface area contributed by atoms with Gasteiger partial charge in [0.2, 0.25) is 5.91 Å². The maximum absolute atomic E-state index is 13.1. The third-order valence-electron chi connectivity index (χ3n) is 5.46. The number of thioether (sulfide) groups is 1. The van der Waals surface area contributed by atoms with Crippen molar-refractivity contribution in [2.24, 2.45) is 0 Å². The lowest BCUT2D eigenvalue weighted by Crippen LogP contribution is -2.47. The van der Waals surface area contributed by atoms with Crippen molar-refractivity contribution in [3.8, 4) is 16.2 Å². The molecule has 0 saturated carbocycles. The molecule has 3 atom stereocenters. The van der Waals surface area contributed by atoms with E-state index in [-0.39, 0.29) is 35.4 Å². The zero-order chi connectivity index (χ0) is 22.5. The minimum Gasteiger partial charge on any atom is -0.508 e. The van der Waals surface area contributed by atoms with Crippen molar-refractivity contribution in [3.05, 3.63) is 77.2 Å². The lowest BCUT2D eigenvalue weighted by Gasteiger charge is -2.21. The highest BCUT2D eigenvalue weighted by molar-refractivity contribution is 7.99. The first-order chi connectivity index (χ1) is 15.5. The maximum atomic E-state index is 13.1. The highest BCUT2D eigenvalue weighted by Crippen LogP contribution is 2.27. The quantitative estimate of drug-likeness (QED) is 0.512. The molecule has 3 aromatic rings. The smallest absolute Gasteiger partial charge is 0.234 e. The normalized spacial score (nSPS) is 19.1. The Labute approximate surface area is 195 Å². The second kappa shape index (κ2) is 10.3. The summed E-state index contributed by atoms with van der Waals surface area (Å²) < 4.78 is 5.36. The Morgan fingerprint density at radius 2 is 1.88 bits per heavy atom. The fraction of sp³-hybridized carbons (Fsp3) is 0.280. The van der Waals surface area contributed by atoms with Gasteiger partial charge in [0.15, 0.2) is 5.78 Å². The number of phenols is 1. The van der Waals surface area contributed by atoms with Gasteiger partial charge in [0.05, 0.1) is 11.4 Å². The van der Waals surface area contributed by atoms with Crippen LogP contribution in [0.5, 0.6) is 5.75 Å². The Hall–Kier alpha value is -2.61. The second-order valence-corrected chi connectivity index (χ2v) is 9.95. The predicted octanol–water partition coefficient (Wildman–Crippen LogP) is 4.44. The van der Waals surface area contributed by atoms with Crippen molar-refractivity contribution in [1.82, 2.24) is 5.32 Å². The number of ketones is 1. The Bertz CT molecular complexity index is 1050. The number of carbonyl (C=O) groups excluding carboxylic acids is 2. The SMILES string of the molecule is CC1OCC(=O)C1NC(=O)C(Cc1ccc(O)cc1)SCc1ccc(-c2cccs2)cc1. The molecule has 2 heterocycles. The fourth-order valence-electron chi connectivity index (χ4n) is 3.58. The first kappa shape index (κ1) is 22.6. The van der Waals surface area contributed by atoms with Crippen molar-refractivity contribution in [2.45, 2.75) is 36.5 Å². The molecule has 0 aliphatic carbocycles. The summed E-state index contributed by atoms with van der Waals surface area (Å²) in [7, 11) is 0. The van der Waals surface area contributed by atoms with E-state index in [2.05, 4.69) is 41.0 Å². The predicted molar refractivity (Wildman–Crippen MR) is 129 cm³/mol. The monoisotopic (exact) mass is 467 g/mol. The molecule has 0 spiro atoms. The van der Waals surface area contributed by atoms with Crippen LogP contribution in [0.2, 0.25) is 0 Å². The molecule has 5 nitrogen and oxygen atoms in total. The number of hydrogen-bond acceptors (Lipinski definition) is 6. The molecule has 1 aliphatic heterocycles. The van der Waals surface area contributed by atoms with Crippen LogP contribution in [0.1, 0.15) is 18.1 Å². The van der Waals surface area contributed by atoms with Crippen molar-refractivity contribution in [2.75, 3.05) is 6.61 Å². The van der Waals surface area contributed by atoms with Crippen molar-refractivity contribution in [1.29, 1.82) is 0 Å². The van der Waals surface area contributed by atoms with E-state index < -0.39 is 6.04 Å². The molecule has 0 radical (unpaired) electrons. The minimum atomic E-state index is -0.601. The molecular formula is C25H25NO4S2. The van der Waals surface area contributed by atoms with Gasteiger partial charge in [0.1, 0.15) is 18.4 Å². The highest BCUT2D eigenvalue weighted by atomic mass is 32.2. The number of hydrogen-bond donors (Lipinski definition) is 2. The van der Waals surface area contributed by atoms with Crippen molar-refractivity contribution in [3.63, 3.8) is 0 Å². The standard InChI is InChI=1S/C25H25NO4S2/c1-16-24(21(28)14-30-16)26-25(29)23(13-17-6-10-20(27)11-7-17)32-15-18-4-8-19(9-5-18)22-3-2-12-31-22/h2-12,16,23-24,27H,13-15H2,1H3,(H,26,29). The molecule has 1 amide bonds. The van der Waals surface area contributed by atoms with Crippen LogP contribution in [-0.4, -0.2) is 40.8 Å². The minimum absolute atomic E-state index is 0.0402. The molecule has 32 heavy (non-hydrogen) atoms. The molecule has 1 saturated heterocycles. The second-order valence-electron chi connectivity index (χ2n) is 7.81. The molecule has 0 bridgehead atoms. The topological polar surface area (TPSA) is 75.6 Å². The summed E-state index contributed by atoms with van der Waals surface area (Å²) in [6.45, 7) is 1.84. The van der Waals surface area contributed by atoms with E-state index >= 15 is 0 Å². The van der Waals surface area contributed by atoms with Gasteiger partial charge in [-0.1, -0.05) is 42.5 Å². The molecule has 7 heteroatoms. The molecule has 1 fully saturated rings. The Kier molecular flexibility index (Phi) is 7.29. The first-order valence-corrected chi connectivity index (χ1v) is 12.4. The van der Waals surface area contributed by atoms with Gasteiger partial charge < -0.3 is 15.2 Å². The summed E-state index contributed by atoms with van der Waals surface area (Å²) >= 11 is 3.25. The number of ether oxygens (including phenoxy) is 1. The van der Waals surface area contributed by atoms with E-state index in [1.54, 1.807) is 42.2 Å². The zero-order valence-electron chi connectivity index (χ0n) is 17.7. The van der Waals surface area contributed by atoms with Crippen LogP contribution < -0.4 is 5.32 Å². The van der Waals surface area contributed by atoms with Crippen LogP contribution >= 0.6 is 23.1 Å². The van der Waals surface area contributed by atoms with Crippen LogP contribution in [0.3, 0.4) is 0 Å². The van der Waals surface area contributed by atoms with Gasteiger partial charge in [-0.2, -0.15) is 0 Å². The average Bonchev–Trinajstić information content (AvgIpc) is 3.44. The van der Waals surface area contributed by atoms with E-state index in [0.717, 1.165) is 11.1 Å². The Balaban J connectivity index is 1.44. The number of amides is 1. The highest BCUT2D eigenvalue weighted by Gasteiger charge is 2.35. The Morgan fingerprint density at radius 1 is 1.16 bits per heavy atom. The lowest BCUT2D eigenvalue weighted by atomic mass is 10.1. The van der Waals surface area contributed by atoms with Crippen LogP contribution in [0.25, 0.3) is 10.4 Å². The number of benzene rings is 2. The fourth-order valence-corrected chi connectivity index (χ4v) is 5.43. The van der Waals surface area contributed by atoms with Crippen LogP contribution in [-0.2, 0) is 26.5 Å². The van der Waals surface area contributed by atoms with Crippen molar-refractivity contribution >= 4 is 34.8 Å². The van der Waals surface area contributed by atoms with Crippen LogP contribution in [0, 0.1) is 0 Å². The first-order valence-electron chi connectivity index (χ1n) is 10.5. The third-order valence-corrected chi connectivity index (χ3v) is 7.67. The summed E-state index contributed by atoms with van der Waals surface area (Å²) in [5, 5.41) is 14.1. The number of Topliss-reactive ketones (excluding diaryl/α,β-unsaturated/α-hetero) is 1. The van der Waals surface area contributed by atoms with Crippen molar-refractivity contribution < 1.29 is 19.4 Å². The van der Waals surface area contributed by atoms with Gasteiger partial charge in [0, 0.05) is 10.6 Å².